The molecule has 1 aromatic heterocycles. The smallest absolute Gasteiger partial charge is 0.116 e. The van der Waals surface area contributed by atoms with Gasteiger partial charge in [0.15, 0.2) is 0 Å². The second kappa shape index (κ2) is 3.27. The third kappa shape index (κ3) is 1.63. The van der Waals surface area contributed by atoms with Crippen molar-refractivity contribution in [1.29, 1.82) is 0 Å². The topological polar surface area (TPSA) is 33.4 Å². The number of hydrogen-bond acceptors (Lipinski definition) is 2. The Morgan fingerprint density at radius 2 is 2.45 bits per heavy atom. The van der Waals surface area contributed by atoms with Crippen molar-refractivity contribution < 1.29 is 9.52 Å². The van der Waals surface area contributed by atoms with E-state index in [-0.39, 0.29) is 6.61 Å². The molecule has 1 rings (SSSR count). The van der Waals surface area contributed by atoms with E-state index in [1.165, 1.54) is 0 Å². The van der Waals surface area contributed by atoms with Gasteiger partial charge in [-0.05, 0) is 13.0 Å². The highest BCUT2D eigenvalue weighted by atomic mass is 16.3. The summed E-state index contributed by atoms with van der Waals surface area (Å²) in [5, 5.41) is 8.79. The van der Waals surface area contributed by atoms with Crippen molar-refractivity contribution in [2.24, 2.45) is 0 Å². The van der Waals surface area contributed by atoms with Crippen LogP contribution in [0.15, 0.2) is 10.5 Å². The van der Waals surface area contributed by atoms with Crippen LogP contribution in [0.4, 0.5) is 0 Å². The van der Waals surface area contributed by atoms with Gasteiger partial charge in [0.1, 0.15) is 11.5 Å². The van der Waals surface area contributed by atoms with E-state index in [0.29, 0.717) is 6.42 Å². The number of rotatable bonds is 2. The van der Waals surface area contributed by atoms with Crippen molar-refractivity contribution in [2.45, 2.75) is 20.0 Å². The molecular formula is C9H10O2. The lowest BCUT2D eigenvalue weighted by Gasteiger charge is -1.86. The molecule has 0 aliphatic carbocycles. The maximum atomic E-state index is 8.79. The second-order valence-electron chi connectivity index (χ2n) is 2.33. The highest BCUT2D eigenvalue weighted by molar-refractivity contribution is 5.21. The quantitative estimate of drug-likeness (QED) is 0.644. The highest BCUT2D eigenvalue weighted by Gasteiger charge is 2.03. The zero-order valence-electron chi connectivity index (χ0n) is 6.42. The maximum absolute atomic E-state index is 8.79. The molecule has 0 aliphatic heterocycles. The van der Waals surface area contributed by atoms with Crippen molar-refractivity contribution in [3.05, 3.63) is 23.2 Å². The van der Waals surface area contributed by atoms with Gasteiger partial charge in [0.2, 0.25) is 0 Å². The standard InChI is InChI=1S/C9H10O2/c1-3-4-9-5-8(6-10)7(2)11-9/h1,5,10H,4,6H2,2H3. The maximum Gasteiger partial charge on any atom is 0.116 e. The van der Waals surface area contributed by atoms with Crippen LogP contribution in [-0.4, -0.2) is 5.11 Å². The first-order chi connectivity index (χ1) is 5.27. The van der Waals surface area contributed by atoms with Crippen LogP contribution in [-0.2, 0) is 13.0 Å². The first-order valence-corrected chi connectivity index (χ1v) is 3.40. The van der Waals surface area contributed by atoms with Crippen molar-refractivity contribution in [3.8, 4) is 12.3 Å². The second-order valence-corrected chi connectivity index (χ2v) is 2.33. The van der Waals surface area contributed by atoms with Crippen LogP contribution < -0.4 is 0 Å². The number of aryl methyl sites for hydroxylation is 1. The van der Waals surface area contributed by atoms with Gasteiger partial charge in [-0.1, -0.05) is 5.92 Å². The lowest BCUT2D eigenvalue weighted by molar-refractivity contribution is 0.279. The Kier molecular flexibility index (Phi) is 2.35. The molecule has 0 aromatic carbocycles. The predicted octanol–water partition coefficient (Wildman–Crippen LogP) is 1.26. The SMILES string of the molecule is C#CCc1cc(CO)c(C)o1. The summed E-state index contributed by atoms with van der Waals surface area (Å²) in [7, 11) is 0. The van der Waals surface area contributed by atoms with E-state index >= 15 is 0 Å². The lowest BCUT2D eigenvalue weighted by Crippen LogP contribution is -1.79. The summed E-state index contributed by atoms with van der Waals surface area (Å²) in [5.41, 5.74) is 0.815. The fourth-order valence-corrected chi connectivity index (χ4v) is 0.932. The summed E-state index contributed by atoms with van der Waals surface area (Å²) in [6.07, 6.45) is 5.58. The zero-order chi connectivity index (χ0) is 8.27. The zero-order valence-corrected chi connectivity index (χ0v) is 6.42. The Morgan fingerprint density at radius 1 is 1.73 bits per heavy atom. The molecule has 0 saturated carbocycles. The van der Waals surface area contributed by atoms with E-state index in [1.807, 2.05) is 6.92 Å². The van der Waals surface area contributed by atoms with Crippen molar-refractivity contribution >= 4 is 0 Å². The summed E-state index contributed by atoms with van der Waals surface area (Å²) in [4.78, 5) is 0. The van der Waals surface area contributed by atoms with Gasteiger partial charge >= 0.3 is 0 Å². The lowest BCUT2D eigenvalue weighted by atomic mass is 10.2. The van der Waals surface area contributed by atoms with Gasteiger partial charge in [0.05, 0.1) is 13.0 Å². The van der Waals surface area contributed by atoms with E-state index in [4.69, 9.17) is 15.9 Å². The summed E-state index contributed by atoms with van der Waals surface area (Å²) in [5.74, 6) is 3.97. The molecule has 1 heterocycles. The van der Waals surface area contributed by atoms with Crippen LogP contribution in [0.25, 0.3) is 0 Å². The molecule has 11 heavy (non-hydrogen) atoms. The third-order valence-corrected chi connectivity index (χ3v) is 1.52. The van der Waals surface area contributed by atoms with Crippen LogP contribution in [0.3, 0.4) is 0 Å². The molecular weight excluding hydrogens is 140 g/mol. The fraction of sp³-hybridized carbons (Fsp3) is 0.333. The number of furan rings is 1. The van der Waals surface area contributed by atoms with Gasteiger partial charge < -0.3 is 9.52 Å². The Labute approximate surface area is 65.8 Å². The molecule has 2 heteroatoms. The molecule has 0 bridgehead atoms. The molecule has 0 unspecified atom stereocenters. The largest absolute Gasteiger partial charge is 0.465 e. The summed E-state index contributed by atoms with van der Waals surface area (Å²) in [6.45, 7) is 1.82. The monoisotopic (exact) mass is 150 g/mol. The normalized spacial score (nSPS) is 9.55. The molecule has 1 N–H and O–H groups in total. The molecule has 0 spiro atoms. The van der Waals surface area contributed by atoms with Crippen LogP contribution in [0.1, 0.15) is 17.1 Å². The van der Waals surface area contributed by atoms with Gasteiger partial charge in [-0.25, -0.2) is 0 Å². The third-order valence-electron chi connectivity index (χ3n) is 1.52. The Hall–Kier alpha value is -1.20. The average molecular weight is 150 g/mol. The molecule has 0 saturated heterocycles. The van der Waals surface area contributed by atoms with E-state index in [2.05, 4.69) is 5.92 Å². The minimum absolute atomic E-state index is 0.0138. The molecule has 0 aliphatic rings. The van der Waals surface area contributed by atoms with Crippen molar-refractivity contribution in [1.82, 2.24) is 0 Å². The molecule has 0 amide bonds. The number of terminal acetylenes is 1. The molecule has 2 nitrogen and oxygen atoms in total. The van der Waals surface area contributed by atoms with Crippen LogP contribution in [0.5, 0.6) is 0 Å². The molecule has 0 fully saturated rings. The first kappa shape index (κ1) is 7.90. The van der Waals surface area contributed by atoms with E-state index < -0.39 is 0 Å². The Bertz CT molecular complexity index is 278. The minimum Gasteiger partial charge on any atom is -0.465 e. The minimum atomic E-state index is 0.0138. The highest BCUT2D eigenvalue weighted by Crippen LogP contribution is 2.14. The van der Waals surface area contributed by atoms with E-state index in [0.717, 1.165) is 17.1 Å². The van der Waals surface area contributed by atoms with Gasteiger partial charge in [-0.3, -0.25) is 0 Å². The van der Waals surface area contributed by atoms with Gasteiger partial charge in [-0.15, -0.1) is 6.42 Å². The van der Waals surface area contributed by atoms with Crippen LogP contribution in [0.2, 0.25) is 0 Å². The summed E-state index contributed by atoms with van der Waals surface area (Å²) >= 11 is 0. The Balaban J connectivity index is 2.88. The number of hydrogen-bond donors (Lipinski definition) is 1. The summed E-state index contributed by atoms with van der Waals surface area (Å²) in [6, 6.07) is 1.79. The molecule has 58 valence electrons. The molecule has 1 aromatic rings. The number of aliphatic hydroxyl groups is 1. The van der Waals surface area contributed by atoms with E-state index in [9.17, 15) is 0 Å². The van der Waals surface area contributed by atoms with Crippen molar-refractivity contribution in [2.75, 3.05) is 0 Å². The van der Waals surface area contributed by atoms with Crippen LogP contribution >= 0.6 is 0 Å². The molecule has 0 atom stereocenters. The Morgan fingerprint density at radius 3 is 2.91 bits per heavy atom. The summed E-state index contributed by atoms with van der Waals surface area (Å²) < 4.78 is 5.24. The van der Waals surface area contributed by atoms with E-state index in [1.54, 1.807) is 6.07 Å². The number of aliphatic hydroxyl groups excluding tert-OH is 1. The van der Waals surface area contributed by atoms with Gasteiger partial charge in [0, 0.05) is 5.56 Å². The predicted molar refractivity (Wildman–Crippen MR) is 41.9 cm³/mol. The first-order valence-electron chi connectivity index (χ1n) is 3.40. The van der Waals surface area contributed by atoms with Crippen LogP contribution in [0, 0.1) is 19.3 Å². The van der Waals surface area contributed by atoms with Gasteiger partial charge in [0.25, 0.3) is 0 Å². The fourth-order valence-electron chi connectivity index (χ4n) is 0.932. The average Bonchev–Trinajstić information content (AvgIpc) is 2.32. The van der Waals surface area contributed by atoms with Gasteiger partial charge in [-0.2, -0.15) is 0 Å². The molecule has 0 radical (unpaired) electrons. The van der Waals surface area contributed by atoms with Crippen molar-refractivity contribution in [3.63, 3.8) is 0 Å².